The summed E-state index contributed by atoms with van der Waals surface area (Å²) in [6.45, 7) is 8.26. The van der Waals surface area contributed by atoms with Gasteiger partial charge in [-0.1, -0.05) is 50.3 Å². The number of hydrogen-bond acceptors (Lipinski definition) is 3. The standard InChI is InChI=1S/C16H24N4/c1-16(2,3)14-8-6-13(7-9-14)15-12-18-19-20(15)11-5-4-10-17/h6-9,12H,4-5,10-11,17H2,1-3H3. The van der Waals surface area contributed by atoms with Crippen LogP contribution in [0.2, 0.25) is 0 Å². The second-order valence-electron chi connectivity index (χ2n) is 6.17. The molecule has 2 rings (SSSR count). The number of benzene rings is 1. The van der Waals surface area contributed by atoms with Crippen LogP contribution in [-0.2, 0) is 12.0 Å². The molecular weight excluding hydrogens is 248 g/mol. The maximum Gasteiger partial charge on any atom is 0.0885 e. The number of hydrogen-bond donors (Lipinski definition) is 1. The number of nitrogens with zero attached hydrogens (tertiary/aromatic N) is 3. The lowest BCUT2D eigenvalue weighted by molar-refractivity contribution is 0.549. The van der Waals surface area contributed by atoms with Gasteiger partial charge in [0, 0.05) is 12.1 Å². The summed E-state index contributed by atoms with van der Waals surface area (Å²) in [6, 6.07) is 8.68. The smallest absolute Gasteiger partial charge is 0.0885 e. The molecule has 4 heteroatoms. The van der Waals surface area contributed by atoms with Crippen molar-refractivity contribution in [2.45, 2.75) is 45.6 Å². The predicted molar refractivity (Wildman–Crippen MR) is 82.4 cm³/mol. The summed E-state index contributed by atoms with van der Waals surface area (Å²) in [5, 5.41) is 8.19. The van der Waals surface area contributed by atoms with Gasteiger partial charge in [0.05, 0.1) is 11.9 Å². The SMILES string of the molecule is CC(C)(C)c1ccc(-c2cnnn2CCCCN)cc1. The Morgan fingerprint density at radius 2 is 1.80 bits per heavy atom. The zero-order valence-corrected chi connectivity index (χ0v) is 12.6. The average molecular weight is 272 g/mol. The molecule has 0 saturated heterocycles. The molecule has 20 heavy (non-hydrogen) atoms. The van der Waals surface area contributed by atoms with Crippen molar-refractivity contribution in [3.8, 4) is 11.3 Å². The van der Waals surface area contributed by atoms with E-state index in [4.69, 9.17) is 5.73 Å². The topological polar surface area (TPSA) is 56.7 Å². The fourth-order valence-corrected chi connectivity index (χ4v) is 2.19. The molecule has 0 atom stereocenters. The zero-order valence-electron chi connectivity index (χ0n) is 12.6. The molecule has 2 aromatic rings. The van der Waals surface area contributed by atoms with Crippen LogP contribution in [0, 0.1) is 0 Å². The molecule has 0 amide bonds. The monoisotopic (exact) mass is 272 g/mol. The van der Waals surface area contributed by atoms with Gasteiger partial charge in [0.25, 0.3) is 0 Å². The van der Waals surface area contributed by atoms with E-state index in [1.807, 2.05) is 10.9 Å². The molecule has 1 heterocycles. The van der Waals surface area contributed by atoms with Crippen molar-refractivity contribution in [2.24, 2.45) is 5.73 Å². The van der Waals surface area contributed by atoms with Crippen LogP contribution in [0.5, 0.6) is 0 Å². The average Bonchev–Trinajstić information content (AvgIpc) is 2.87. The fourth-order valence-electron chi connectivity index (χ4n) is 2.19. The van der Waals surface area contributed by atoms with E-state index in [0.29, 0.717) is 0 Å². The Morgan fingerprint density at radius 3 is 2.40 bits per heavy atom. The van der Waals surface area contributed by atoms with Gasteiger partial charge in [-0.05, 0) is 30.4 Å². The summed E-state index contributed by atoms with van der Waals surface area (Å²) in [6.07, 6.45) is 3.88. The van der Waals surface area contributed by atoms with Crippen LogP contribution >= 0.6 is 0 Å². The summed E-state index contributed by atoms with van der Waals surface area (Å²) in [4.78, 5) is 0. The third kappa shape index (κ3) is 3.45. The number of unbranched alkanes of at least 4 members (excludes halogenated alkanes) is 1. The largest absolute Gasteiger partial charge is 0.330 e. The first-order valence-electron chi connectivity index (χ1n) is 7.22. The highest BCUT2D eigenvalue weighted by molar-refractivity contribution is 5.59. The number of rotatable bonds is 5. The molecule has 0 spiro atoms. The zero-order chi connectivity index (χ0) is 14.6. The van der Waals surface area contributed by atoms with Gasteiger partial charge in [-0.15, -0.1) is 5.10 Å². The molecule has 0 radical (unpaired) electrons. The highest BCUT2D eigenvalue weighted by Crippen LogP contribution is 2.25. The Bertz CT molecular complexity index is 534. The summed E-state index contributed by atoms with van der Waals surface area (Å²) in [5.74, 6) is 0. The predicted octanol–water partition coefficient (Wildman–Crippen LogP) is 2.98. The molecule has 0 unspecified atom stereocenters. The number of aryl methyl sites for hydroxylation is 1. The summed E-state index contributed by atoms with van der Waals surface area (Å²) in [5.41, 5.74) is 9.28. The number of nitrogens with two attached hydrogens (primary N) is 1. The van der Waals surface area contributed by atoms with Crippen molar-refractivity contribution < 1.29 is 0 Å². The molecule has 108 valence electrons. The Morgan fingerprint density at radius 1 is 1.10 bits per heavy atom. The Labute approximate surface area is 121 Å². The fraction of sp³-hybridized carbons (Fsp3) is 0.500. The molecular formula is C16H24N4. The first-order valence-corrected chi connectivity index (χ1v) is 7.22. The van der Waals surface area contributed by atoms with E-state index < -0.39 is 0 Å². The minimum absolute atomic E-state index is 0.179. The van der Waals surface area contributed by atoms with Crippen molar-refractivity contribution in [2.75, 3.05) is 6.54 Å². The highest BCUT2D eigenvalue weighted by atomic mass is 15.4. The second-order valence-corrected chi connectivity index (χ2v) is 6.17. The molecule has 0 saturated carbocycles. The lowest BCUT2D eigenvalue weighted by atomic mass is 9.86. The van der Waals surface area contributed by atoms with E-state index in [0.717, 1.165) is 37.2 Å². The van der Waals surface area contributed by atoms with Crippen molar-refractivity contribution >= 4 is 0 Å². The van der Waals surface area contributed by atoms with E-state index in [-0.39, 0.29) is 5.41 Å². The van der Waals surface area contributed by atoms with Crippen LogP contribution in [0.3, 0.4) is 0 Å². The van der Waals surface area contributed by atoms with Crippen molar-refractivity contribution in [1.82, 2.24) is 15.0 Å². The van der Waals surface area contributed by atoms with Gasteiger partial charge in [-0.2, -0.15) is 0 Å². The maximum absolute atomic E-state index is 5.53. The van der Waals surface area contributed by atoms with Gasteiger partial charge in [-0.3, -0.25) is 0 Å². The van der Waals surface area contributed by atoms with E-state index in [1.54, 1.807) is 0 Å². The Kier molecular flexibility index (Phi) is 4.55. The molecule has 0 fully saturated rings. The molecule has 0 aliphatic heterocycles. The van der Waals surface area contributed by atoms with Gasteiger partial charge in [0.1, 0.15) is 0 Å². The van der Waals surface area contributed by atoms with Gasteiger partial charge in [-0.25, -0.2) is 4.68 Å². The van der Waals surface area contributed by atoms with E-state index in [1.165, 1.54) is 5.56 Å². The van der Waals surface area contributed by atoms with E-state index >= 15 is 0 Å². The Balaban J connectivity index is 2.18. The second kappa shape index (κ2) is 6.18. The minimum Gasteiger partial charge on any atom is -0.330 e. The van der Waals surface area contributed by atoms with Crippen LogP contribution in [0.1, 0.15) is 39.2 Å². The van der Waals surface area contributed by atoms with Crippen molar-refractivity contribution in [1.29, 1.82) is 0 Å². The lowest BCUT2D eigenvalue weighted by Crippen LogP contribution is -2.10. The Hall–Kier alpha value is -1.68. The third-order valence-electron chi connectivity index (χ3n) is 3.49. The first kappa shape index (κ1) is 14.7. The molecule has 0 aliphatic rings. The molecule has 1 aromatic heterocycles. The quantitative estimate of drug-likeness (QED) is 0.851. The first-order chi connectivity index (χ1) is 9.52. The molecule has 1 aromatic carbocycles. The molecule has 4 nitrogen and oxygen atoms in total. The van der Waals surface area contributed by atoms with Crippen molar-refractivity contribution in [3.63, 3.8) is 0 Å². The minimum atomic E-state index is 0.179. The maximum atomic E-state index is 5.53. The highest BCUT2D eigenvalue weighted by Gasteiger charge is 2.14. The number of aromatic nitrogens is 3. The molecule has 2 N–H and O–H groups in total. The van der Waals surface area contributed by atoms with Crippen LogP contribution in [0.15, 0.2) is 30.5 Å². The van der Waals surface area contributed by atoms with Crippen LogP contribution in [-0.4, -0.2) is 21.5 Å². The molecule has 0 aliphatic carbocycles. The third-order valence-corrected chi connectivity index (χ3v) is 3.49. The normalized spacial score (nSPS) is 11.8. The lowest BCUT2D eigenvalue weighted by Gasteiger charge is -2.19. The van der Waals surface area contributed by atoms with Gasteiger partial charge < -0.3 is 5.73 Å². The van der Waals surface area contributed by atoms with Crippen LogP contribution < -0.4 is 5.73 Å². The van der Waals surface area contributed by atoms with E-state index in [2.05, 4.69) is 55.3 Å². The summed E-state index contributed by atoms with van der Waals surface area (Å²) < 4.78 is 1.96. The van der Waals surface area contributed by atoms with Crippen LogP contribution in [0.4, 0.5) is 0 Å². The van der Waals surface area contributed by atoms with Crippen molar-refractivity contribution in [3.05, 3.63) is 36.0 Å². The van der Waals surface area contributed by atoms with Crippen LogP contribution in [0.25, 0.3) is 11.3 Å². The van der Waals surface area contributed by atoms with Gasteiger partial charge >= 0.3 is 0 Å². The van der Waals surface area contributed by atoms with E-state index in [9.17, 15) is 0 Å². The summed E-state index contributed by atoms with van der Waals surface area (Å²) >= 11 is 0. The summed E-state index contributed by atoms with van der Waals surface area (Å²) in [7, 11) is 0. The van der Waals surface area contributed by atoms with Gasteiger partial charge in [0.15, 0.2) is 0 Å². The molecule has 0 bridgehead atoms. The van der Waals surface area contributed by atoms with Gasteiger partial charge in [0.2, 0.25) is 0 Å².